The van der Waals surface area contributed by atoms with Crippen LogP contribution in [0.1, 0.15) is 18.9 Å². The number of benzene rings is 1. The first kappa shape index (κ1) is 21.4. The third-order valence-electron chi connectivity index (χ3n) is 2.97. The summed E-state index contributed by atoms with van der Waals surface area (Å²) < 4.78 is 51.6. The molecule has 1 aromatic rings. The van der Waals surface area contributed by atoms with Crippen LogP contribution in [-0.4, -0.2) is 46.1 Å². The molecule has 1 aromatic carbocycles. The zero-order valence-corrected chi connectivity index (χ0v) is 15.6. The number of halogens is 3. The summed E-state index contributed by atoms with van der Waals surface area (Å²) in [6.07, 6.45) is 1.61. The number of hydrogen-bond donors (Lipinski definition) is 2. The van der Waals surface area contributed by atoms with Crippen molar-refractivity contribution in [1.29, 1.82) is 0 Å². The molecule has 0 unspecified atom stereocenters. The number of nitrogens with one attached hydrogen (secondary N) is 2. The summed E-state index contributed by atoms with van der Waals surface area (Å²) in [5, 5.41) is 6.37. The molecule has 142 valence electrons. The Morgan fingerprint density at radius 3 is 2.68 bits per heavy atom. The Bertz CT molecular complexity index is 685. The third kappa shape index (κ3) is 9.45. The molecule has 6 nitrogen and oxygen atoms in total. The maximum atomic E-state index is 12.5. The monoisotopic (exact) mass is 397 g/mol. The van der Waals surface area contributed by atoms with E-state index in [0.29, 0.717) is 36.1 Å². The fraction of sp³-hybridized carbons (Fsp3) is 0.533. The molecular formula is C15H22ClF2N3O3S. The Kier molecular flexibility index (Phi) is 8.91. The highest BCUT2D eigenvalue weighted by Crippen LogP contribution is 2.25. The largest absolute Gasteiger partial charge is 0.434 e. The minimum Gasteiger partial charge on any atom is -0.434 e. The van der Waals surface area contributed by atoms with E-state index in [-0.39, 0.29) is 18.0 Å². The van der Waals surface area contributed by atoms with Gasteiger partial charge in [-0.2, -0.15) is 8.78 Å². The molecule has 0 atom stereocenters. The van der Waals surface area contributed by atoms with Crippen molar-refractivity contribution >= 4 is 27.4 Å². The van der Waals surface area contributed by atoms with Crippen molar-refractivity contribution in [2.24, 2.45) is 4.99 Å². The molecule has 0 aliphatic rings. The van der Waals surface area contributed by atoms with E-state index in [1.807, 2.05) is 6.92 Å². The molecule has 0 spiro atoms. The molecule has 0 saturated heterocycles. The molecule has 0 aliphatic carbocycles. The summed E-state index contributed by atoms with van der Waals surface area (Å²) in [5.74, 6) is 0.523. The Labute approximate surface area is 151 Å². The smallest absolute Gasteiger partial charge is 0.387 e. The van der Waals surface area contributed by atoms with Crippen molar-refractivity contribution in [3.05, 3.63) is 28.8 Å². The molecule has 0 fully saturated rings. The van der Waals surface area contributed by atoms with Gasteiger partial charge in [-0.15, -0.1) is 0 Å². The fourth-order valence-electron chi connectivity index (χ4n) is 1.93. The molecule has 1 rings (SSSR count). The molecule has 0 saturated carbocycles. The number of alkyl halides is 2. The number of ether oxygens (including phenoxy) is 1. The van der Waals surface area contributed by atoms with Gasteiger partial charge in [0, 0.05) is 29.9 Å². The SMILES string of the molecule is CCNC(=NCc1cc(Cl)ccc1OC(F)F)NCCCS(C)(=O)=O. The van der Waals surface area contributed by atoms with Crippen molar-refractivity contribution in [2.45, 2.75) is 26.5 Å². The summed E-state index contributed by atoms with van der Waals surface area (Å²) in [6.45, 7) is 0.0109. The second kappa shape index (κ2) is 10.4. The molecule has 0 bridgehead atoms. The second-order valence-electron chi connectivity index (χ2n) is 5.24. The van der Waals surface area contributed by atoms with Crippen LogP contribution in [0.2, 0.25) is 5.02 Å². The average Bonchev–Trinajstić information content (AvgIpc) is 2.50. The fourth-order valence-corrected chi connectivity index (χ4v) is 2.79. The lowest BCUT2D eigenvalue weighted by Crippen LogP contribution is -2.38. The zero-order valence-electron chi connectivity index (χ0n) is 14.1. The maximum absolute atomic E-state index is 12.5. The van der Waals surface area contributed by atoms with Crippen LogP contribution in [0.25, 0.3) is 0 Å². The van der Waals surface area contributed by atoms with Gasteiger partial charge in [0.1, 0.15) is 15.6 Å². The summed E-state index contributed by atoms with van der Waals surface area (Å²) in [5.41, 5.74) is 0.418. The van der Waals surface area contributed by atoms with Gasteiger partial charge in [0.05, 0.1) is 12.3 Å². The second-order valence-corrected chi connectivity index (χ2v) is 7.93. The predicted octanol–water partition coefficient (Wildman–Crippen LogP) is 2.43. The third-order valence-corrected chi connectivity index (χ3v) is 4.24. The molecule has 0 aromatic heterocycles. The van der Waals surface area contributed by atoms with Gasteiger partial charge in [0.25, 0.3) is 0 Å². The highest BCUT2D eigenvalue weighted by molar-refractivity contribution is 7.90. The molecule has 0 heterocycles. The van der Waals surface area contributed by atoms with Gasteiger partial charge in [0.15, 0.2) is 5.96 Å². The number of aliphatic imine (C=N–C) groups is 1. The zero-order chi connectivity index (χ0) is 18.9. The van der Waals surface area contributed by atoms with Crippen LogP contribution in [0.3, 0.4) is 0 Å². The normalized spacial score (nSPS) is 12.3. The van der Waals surface area contributed by atoms with Gasteiger partial charge >= 0.3 is 6.61 Å². The summed E-state index contributed by atoms with van der Waals surface area (Å²) in [4.78, 5) is 4.29. The van der Waals surface area contributed by atoms with Crippen molar-refractivity contribution < 1.29 is 21.9 Å². The predicted molar refractivity (Wildman–Crippen MR) is 95.2 cm³/mol. The van der Waals surface area contributed by atoms with Crippen molar-refractivity contribution in [3.8, 4) is 5.75 Å². The molecule has 0 amide bonds. The van der Waals surface area contributed by atoms with E-state index in [1.165, 1.54) is 24.5 Å². The lowest BCUT2D eigenvalue weighted by atomic mass is 10.2. The first-order chi connectivity index (χ1) is 11.7. The van der Waals surface area contributed by atoms with Crippen LogP contribution >= 0.6 is 11.6 Å². The van der Waals surface area contributed by atoms with E-state index in [0.717, 1.165) is 0 Å². The number of guanidine groups is 1. The van der Waals surface area contributed by atoms with E-state index < -0.39 is 16.4 Å². The minimum absolute atomic E-state index is 0.0103. The van der Waals surface area contributed by atoms with Gasteiger partial charge in [-0.05, 0) is 31.5 Å². The molecule has 2 N–H and O–H groups in total. The summed E-state index contributed by atoms with van der Waals surface area (Å²) >= 11 is 5.90. The van der Waals surface area contributed by atoms with Crippen molar-refractivity contribution in [2.75, 3.05) is 25.1 Å². The van der Waals surface area contributed by atoms with Gasteiger partial charge < -0.3 is 15.4 Å². The highest BCUT2D eigenvalue weighted by atomic mass is 35.5. The lowest BCUT2D eigenvalue weighted by Gasteiger charge is -2.13. The van der Waals surface area contributed by atoms with Crippen LogP contribution in [0.15, 0.2) is 23.2 Å². The van der Waals surface area contributed by atoms with Crippen LogP contribution in [0.4, 0.5) is 8.78 Å². The quantitative estimate of drug-likeness (QED) is 0.380. The first-order valence-electron chi connectivity index (χ1n) is 7.64. The van der Waals surface area contributed by atoms with E-state index in [2.05, 4.69) is 20.4 Å². The Balaban J connectivity index is 2.74. The molecule has 10 heteroatoms. The van der Waals surface area contributed by atoms with Crippen LogP contribution < -0.4 is 15.4 Å². The molecule has 25 heavy (non-hydrogen) atoms. The van der Waals surface area contributed by atoms with E-state index >= 15 is 0 Å². The summed E-state index contributed by atoms with van der Waals surface area (Å²) in [6, 6.07) is 4.34. The van der Waals surface area contributed by atoms with Crippen LogP contribution in [-0.2, 0) is 16.4 Å². The average molecular weight is 398 g/mol. The van der Waals surface area contributed by atoms with Crippen molar-refractivity contribution in [1.82, 2.24) is 10.6 Å². The number of sulfone groups is 1. The minimum atomic E-state index is -3.01. The van der Waals surface area contributed by atoms with E-state index in [1.54, 1.807) is 0 Å². The lowest BCUT2D eigenvalue weighted by molar-refractivity contribution is -0.0504. The number of hydrogen-bond acceptors (Lipinski definition) is 4. The van der Waals surface area contributed by atoms with Gasteiger partial charge in [0.2, 0.25) is 0 Å². The Morgan fingerprint density at radius 1 is 1.36 bits per heavy atom. The maximum Gasteiger partial charge on any atom is 0.387 e. The Morgan fingerprint density at radius 2 is 2.08 bits per heavy atom. The van der Waals surface area contributed by atoms with Crippen LogP contribution in [0, 0.1) is 0 Å². The van der Waals surface area contributed by atoms with Gasteiger partial charge in [-0.25, -0.2) is 13.4 Å². The van der Waals surface area contributed by atoms with E-state index in [9.17, 15) is 17.2 Å². The standard InChI is InChI=1S/C15H22ClF2N3O3S/c1-3-19-15(20-7-4-8-25(2,22)23)21-10-11-9-12(16)5-6-13(11)24-14(17)18/h5-6,9,14H,3-4,7-8,10H2,1-2H3,(H2,19,20,21). The Hall–Kier alpha value is -1.61. The molecular weight excluding hydrogens is 376 g/mol. The molecule has 0 radical (unpaired) electrons. The van der Waals surface area contributed by atoms with Crippen LogP contribution in [0.5, 0.6) is 5.75 Å². The summed E-state index contributed by atoms with van der Waals surface area (Å²) in [7, 11) is -3.01. The molecule has 0 aliphatic heterocycles. The van der Waals surface area contributed by atoms with Gasteiger partial charge in [-0.3, -0.25) is 0 Å². The topological polar surface area (TPSA) is 79.8 Å². The van der Waals surface area contributed by atoms with E-state index in [4.69, 9.17) is 11.6 Å². The van der Waals surface area contributed by atoms with Crippen molar-refractivity contribution in [3.63, 3.8) is 0 Å². The van der Waals surface area contributed by atoms with Gasteiger partial charge in [-0.1, -0.05) is 11.6 Å². The highest BCUT2D eigenvalue weighted by Gasteiger charge is 2.10. The first-order valence-corrected chi connectivity index (χ1v) is 10.1. The number of rotatable bonds is 9. The number of nitrogens with zero attached hydrogens (tertiary/aromatic N) is 1.